The van der Waals surface area contributed by atoms with Crippen LogP contribution in [-0.4, -0.2) is 52.5 Å². The predicted octanol–water partition coefficient (Wildman–Crippen LogP) is 1.60. The highest BCUT2D eigenvalue weighted by atomic mass is 16.5. The molecule has 9 nitrogen and oxygen atoms in total. The SMILES string of the molecule is C#CCOc1ccc(C=NNC(=O)CNC(=O)c2ccc(OC)c(OC)c2)cc1OC. The van der Waals surface area contributed by atoms with E-state index in [0.29, 0.717) is 34.1 Å². The molecule has 0 fully saturated rings. The predicted molar refractivity (Wildman–Crippen MR) is 115 cm³/mol. The number of hydrogen-bond acceptors (Lipinski definition) is 7. The van der Waals surface area contributed by atoms with Gasteiger partial charge in [-0.05, 0) is 42.0 Å². The first-order valence-electron chi connectivity index (χ1n) is 9.08. The van der Waals surface area contributed by atoms with Gasteiger partial charge < -0.3 is 24.3 Å². The number of benzene rings is 2. The zero-order valence-corrected chi connectivity index (χ0v) is 17.4. The van der Waals surface area contributed by atoms with Crippen molar-refractivity contribution in [3.05, 3.63) is 47.5 Å². The largest absolute Gasteiger partial charge is 0.493 e. The van der Waals surface area contributed by atoms with E-state index in [4.69, 9.17) is 25.4 Å². The molecule has 0 saturated heterocycles. The van der Waals surface area contributed by atoms with Crippen LogP contribution in [0.25, 0.3) is 0 Å². The Balaban J connectivity index is 1.88. The van der Waals surface area contributed by atoms with Crippen LogP contribution in [0.3, 0.4) is 0 Å². The van der Waals surface area contributed by atoms with E-state index < -0.39 is 11.8 Å². The van der Waals surface area contributed by atoms with Crippen LogP contribution in [-0.2, 0) is 4.79 Å². The molecule has 0 aromatic heterocycles. The van der Waals surface area contributed by atoms with Gasteiger partial charge in [0.15, 0.2) is 23.0 Å². The van der Waals surface area contributed by atoms with Crippen molar-refractivity contribution < 1.29 is 28.5 Å². The molecule has 0 spiro atoms. The summed E-state index contributed by atoms with van der Waals surface area (Å²) in [7, 11) is 4.47. The van der Waals surface area contributed by atoms with Gasteiger partial charge in [0.2, 0.25) is 0 Å². The number of carbonyl (C=O) groups is 2. The molecule has 0 bridgehead atoms. The van der Waals surface area contributed by atoms with Crippen molar-refractivity contribution in [1.82, 2.24) is 10.7 Å². The van der Waals surface area contributed by atoms with E-state index in [1.165, 1.54) is 33.6 Å². The Labute approximate surface area is 180 Å². The van der Waals surface area contributed by atoms with Gasteiger partial charge in [-0.25, -0.2) is 5.43 Å². The van der Waals surface area contributed by atoms with Crippen molar-refractivity contribution in [2.75, 3.05) is 34.5 Å². The van der Waals surface area contributed by atoms with Crippen molar-refractivity contribution in [2.24, 2.45) is 5.10 Å². The molecule has 0 aliphatic carbocycles. The molecule has 2 aromatic carbocycles. The van der Waals surface area contributed by atoms with Crippen LogP contribution in [0.4, 0.5) is 0 Å². The number of amides is 2. The Morgan fingerprint density at radius 3 is 2.35 bits per heavy atom. The van der Waals surface area contributed by atoms with E-state index in [1.807, 2.05) is 0 Å². The van der Waals surface area contributed by atoms with Crippen LogP contribution in [0, 0.1) is 12.3 Å². The summed E-state index contributed by atoms with van der Waals surface area (Å²) in [5.41, 5.74) is 3.33. The average Bonchev–Trinajstić information content (AvgIpc) is 2.80. The van der Waals surface area contributed by atoms with Gasteiger partial charge in [0.25, 0.3) is 11.8 Å². The molecule has 2 aromatic rings. The Bertz CT molecular complexity index is 997. The van der Waals surface area contributed by atoms with E-state index in [1.54, 1.807) is 30.3 Å². The number of nitrogens with zero attached hydrogens (tertiary/aromatic N) is 1. The van der Waals surface area contributed by atoms with Gasteiger partial charge in [-0.2, -0.15) is 5.10 Å². The van der Waals surface area contributed by atoms with E-state index in [0.717, 1.165) is 0 Å². The highest BCUT2D eigenvalue weighted by molar-refractivity contribution is 5.97. The minimum absolute atomic E-state index is 0.120. The van der Waals surface area contributed by atoms with Crippen LogP contribution in [0.15, 0.2) is 41.5 Å². The van der Waals surface area contributed by atoms with Gasteiger partial charge in [0, 0.05) is 5.56 Å². The number of ether oxygens (including phenoxy) is 4. The second-order valence-electron chi connectivity index (χ2n) is 5.95. The maximum Gasteiger partial charge on any atom is 0.259 e. The average molecular weight is 425 g/mol. The van der Waals surface area contributed by atoms with Crippen molar-refractivity contribution in [3.63, 3.8) is 0 Å². The minimum Gasteiger partial charge on any atom is -0.493 e. The Morgan fingerprint density at radius 2 is 1.68 bits per heavy atom. The highest BCUT2D eigenvalue weighted by Crippen LogP contribution is 2.28. The van der Waals surface area contributed by atoms with Gasteiger partial charge >= 0.3 is 0 Å². The summed E-state index contributed by atoms with van der Waals surface area (Å²) < 4.78 is 20.9. The number of methoxy groups -OCH3 is 3. The zero-order valence-electron chi connectivity index (χ0n) is 17.4. The monoisotopic (exact) mass is 425 g/mol. The molecule has 0 aliphatic heterocycles. The first-order chi connectivity index (χ1) is 15.0. The quantitative estimate of drug-likeness (QED) is 0.340. The number of hydrogen-bond donors (Lipinski definition) is 2. The second kappa shape index (κ2) is 11.7. The molecule has 2 amide bonds. The van der Waals surface area contributed by atoms with Crippen LogP contribution in [0.2, 0.25) is 0 Å². The van der Waals surface area contributed by atoms with E-state index >= 15 is 0 Å². The van der Waals surface area contributed by atoms with Crippen molar-refractivity contribution >= 4 is 18.0 Å². The van der Waals surface area contributed by atoms with Gasteiger partial charge in [0.05, 0.1) is 34.1 Å². The molecular formula is C22H23N3O6. The van der Waals surface area contributed by atoms with E-state index in [-0.39, 0.29) is 13.2 Å². The summed E-state index contributed by atoms with van der Waals surface area (Å²) in [5, 5.41) is 6.38. The maximum atomic E-state index is 12.2. The Morgan fingerprint density at radius 1 is 1.00 bits per heavy atom. The fraction of sp³-hybridized carbons (Fsp3) is 0.227. The summed E-state index contributed by atoms with van der Waals surface area (Å²) in [4.78, 5) is 24.2. The number of carbonyl (C=O) groups excluding carboxylic acids is 2. The molecule has 2 rings (SSSR count). The zero-order chi connectivity index (χ0) is 22.6. The Hall–Kier alpha value is -4.19. The van der Waals surface area contributed by atoms with Gasteiger partial charge in [0.1, 0.15) is 6.61 Å². The normalized spacial score (nSPS) is 10.1. The van der Waals surface area contributed by atoms with Crippen LogP contribution < -0.4 is 29.7 Å². The highest BCUT2D eigenvalue weighted by Gasteiger charge is 2.12. The van der Waals surface area contributed by atoms with Crippen LogP contribution in [0.5, 0.6) is 23.0 Å². The smallest absolute Gasteiger partial charge is 0.259 e. The van der Waals surface area contributed by atoms with Gasteiger partial charge in [-0.15, -0.1) is 6.42 Å². The number of terminal acetylenes is 1. The lowest BCUT2D eigenvalue weighted by atomic mass is 10.2. The van der Waals surface area contributed by atoms with Crippen molar-refractivity contribution in [2.45, 2.75) is 0 Å². The number of hydrazone groups is 1. The maximum absolute atomic E-state index is 12.2. The molecule has 0 radical (unpaired) electrons. The molecule has 0 aliphatic rings. The standard InChI is InChI=1S/C22H23N3O6/c1-5-10-31-18-8-6-15(11-19(18)29-3)13-24-25-21(26)14-23-22(27)16-7-9-17(28-2)20(12-16)30-4/h1,6-9,11-13H,10,14H2,2-4H3,(H,23,27)(H,25,26). The topological polar surface area (TPSA) is 107 Å². The van der Waals surface area contributed by atoms with E-state index in [2.05, 4.69) is 21.8 Å². The van der Waals surface area contributed by atoms with Gasteiger partial charge in [-0.1, -0.05) is 5.92 Å². The lowest BCUT2D eigenvalue weighted by Gasteiger charge is -2.10. The van der Waals surface area contributed by atoms with Crippen LogP contribution >= 0.6 is 0 Å². The lowest BCUT2D eigenvalue weighted by Crippen LogP contribution is -2.34. The van der Waals surface area contributed by atoms with Crippen LogP contribution in [0.1, 0.15) is 15.9 Å². The third-order valence-corrected chi connectivity index (χ3v) is 3.96. The van der Waals surface area contributed by atoms with Gasteiger partial charge in [-0.3, -0.25) is 9.59 Å². The number of rotatable bonds is 10. The third kappa shape index (κ3) is 6.68. The lowest BCUT2D eigenvalue weighted by molar-refractivity contribution is -0.120. The first kappa shape index (κ1) is 23.1. The van der Waals surface area contributed by atoms with Crippen molar-refractivity contribution in [1.29, 1.82) is 0 Å². The molecule has 0 unspecified atom stereocenters. The fourth-order valence-electron chi connectivity index (χ4n) is 2.46. The fourth-order valence-corrected chi connectivity index (χ4v) is 2.46. The Kier molecular flexibility index (Phi) is 8.73. The molecule has 0 atom stereocenters. The third-order valence-electron chi connectivity index (χ3n) is 3.96. The molecular weight excluding hydrogens is 402 g/mol. The molecule has 2 N–H and O–H groups in total. The molecule has 162 valence electrons. The van der Waals surface area contributed by atoms with Crippen molar-refractivity contribution in [3.8, 4) is 35.3 Å². The summed E-state index contributed by atoms with van der Waals surface area (Å²) in [6.45, 7) is -0.137. The summed E-state index contributed by atoms with van der Waals surface area (Å²) in [6.07, 6.45) is 6.61. The summed E-state index contributed by atoms with van der Waals surface area (Å²) in [5.74, 6) is 3.33. The number of nitrogens with one attached hydrogen (secondary N) is 2. The molecule has 31 heavy (non-hydrogen) atoms. The summed E-state index contributed by atoms with van der Waals surface area (Å²) >= 11 is 0. The second-order valence-corrected chi connectivity index (χ2v) is 5.95. The van der Waals surface area contributed by atoms with E-state index in [9.17, 15) is 9.59 Å². The minimum atomic E-state index is -0.494. The molecule has 0 saturated carbocycles. The first-order valence-corrected chi connectivity index (χ1v) is 9.08. The molecule has 9 heteroatoms. The molecule has 0 heterocycles. The summed E-state index contributed by atoms with van der Waals surface area (Å²) in [6, 6.07) is 9.78.